The van der Waals surface area contributed by atoms with Gasteiger partial charge in [0.05, 0.1) is 5.56 Å². The van der Waals surface area contributed by atoms with E-state index in [9.17, 15) is 18.0 Å². The summed E-state index contributed by atoms with van der Waals surface area (Å²) < 4.78 is 46.3. The van der Waals surface area contributed by atoms with Crippen LogP contribution in [0, 0.1) is 0 Å². The first-order valence-corrected chi connectivity index (χ1v) is 10.2. The van der Waals surface area contributed by atoms with Crippen LogP contribution in [-0.2, 0) is 0 Å². The Bertz CT molecular complexity index is 1330. The van der Waals surface area contributed by atoms with E-state index in [1.165, 1.54) is 36.4 Å². The molecule has 0 saturated heterocycles. The molecule has 4 rings (SSSR count). The average Bonchev–Trinajstić information content (AvgIpc) is 3.33. The second kappa shape index (κ2) is 9.43. The van der Waals surface area contributed by atoms with Gasteiger partial charge in [-0.15, -0.1) is 13.2 Å². The summed E-state index contributed by atoms with van der Waals surface area (Å²) in [4.78, 5) is 21.4. The molecule has 1 unspecified atom stereocenters. The van der Waals surface area contributed by atoms with E-state index < -0.39 is 18.3 Å². The highest BCUT2D eigenvalue weighted by Gasteiger charge is 2.31. The van der Waals surface area contributed by atoms with Crippen molar-refractivity contribution in [3.8, 4) is 28.3 Å². The van der Waals surface area contributed by atoms with Crippen LogP contribution in [0.5, 0.6) is 5.75 Å². The van der Waals surface area contributed by atoms with Gasteiger partial charge in [-0.1, -0.05) is 23.4 Å². The summed E-state index contributed by atoms with van der Waals surface area (Å²) in [5.41, 5.74) is 8.05. The number of hydrazine groups is 1. The van der Waals surface area contributed by atoms with Crippen molar-refractivity contribution in [1.29, 1.82) is 0 Å². The zero-order chi connectivity index (χ0) is 25.2. The molecule has 12 heteroatoms. The molecule has 0 aliphatic carbocycles. The number of nitrogen functional groups attached to an aromatic ring is 1. The Morgan fingerprint density at radius 3 is 2.34 bits per heavy atom. The number of carbonyl (C=O) groups excluding carboxylic acids is 1. The number of nitrogens with zero attached hydrogens (tertiary/aromatic N) is 4. The quantitative estimate of drug-likeness (QED) is 0.179. The molecule has 2 heterocycles. The number of hydrogen-bond acceptors (Lipinski definition) is 8. The molecule has 2 aromatic heterocycles. The SMILES string of the molecule is CC(c1nc(-c2ccncc2)no1)N(N)C(=O)c1cc(-c2ccc(OC(F)(F)F)cc2)ccc1N. The van der Waals surface area contributed by atoms with Gasteiger partial charge in [-0.2, -0.15) is 4.98 Å². The van der Waals surface area contributed by atoms with Crippen molar-refractivity contribution < 1.29 is 27.2 Å². The summed E-state index contributed by atoms with van der Waals surface area (Å²) >= 11 is 0. The number of alkyl halides is 3. The van der Waals surface area contributed by atoms with E-state index in [0.29, 0.717) is 22.5 Å². The first-order chi connectivity index (χ1) is 16.6. The van der Waals surface area contributed by atoms with E-state index in [0.717, 1.165) is 5.01 Å². The van der Waals surface area contributed by atoms with E-state index in [1.54, 1.807) is 37.5 Å². The van der Waals surface area contributed by atoms with Crippen LogP contribution in [0.15, 0.2) is 71.5 Å². The van der Waals surface area contributed by atoms with E-state index in [4.69, 9.17) is 16.1 Å². The predicted octanol–water partition coefficient (Wildman–Crippen LogP) is 4.36. The number of halogens is 3. The first kappa shape index (κ1) is 23.7. The van der Waals surface area contributed by atoms with E-state index >= 15 is 0 Å². The molecule has 0 aliphatic heterocycles. The lowest BCUT2D eigenvalue weighted by Gasteiger charge is -2.22. The molecule has 0 spiro atoms. The minimum absolute atomic E-state index is 0.0985. The Kier molecular flexibility index (Phi) is 6.38. The van der Waals surface area contributed by atoms with Crippen LogP contribution >= 0.6 is 0 Å². The number of benzene rings is 2. The predicted molar refractivity (Wildman–Crippen MR) is 119 cm³/mol. The second-order valence-corrected chi connectivity index (χ2v) is 7.45. The summed E-state index contributed by atoms with van der Waals surface area (Å²) in [6, 6.07) is 12.5. The van der Waals surface area contributed by atoms with Crippen molar-refractivity contribution >= 4 is 11.6 Å². The fourth-order valence-corrected chi connectivity index (χ4v) is 3.23. The average molecular weight is 484 g/mol. The van der Waals surface area contributed by atoms with E-state index in [1.807, 2.05) is 0 Å². The van der Waals surface area contributed by atoms with Gasteiger partial charge in [-0.3, -0.25) is 14.8 Å². The van der Waals surface area contributed by atoms with Gasteiger partial charge in [0.25, 0.3) is 11.8 Å². The van der Waals surface area contributed by atoms with Crippen LogP contribution in [0.25, 0.3) is 22.5 Å². The Balaban J connectivity index is 1.54. The van der Waals surface area contributed by atoms with Crippen LogP contribution in [-0.4, -0.2) is 32.4 Å². The molecule has 2 aromatic carbocycles. The molecular weight excluding hydrogens is 465 g/mol. The molecule has 0 radical (unpaired) electrons. The summed E-state index contributed by atoms with van der Waals surface area (Å²) in [7, 11) is 0. The van der Waals surface area contributed by atoms with Crippen molar-refractivity contribution in [2.24, 2.45) is 5.84 Å². The maximum atomic E-state index is 13.1. The van der Waals surface area contributed by atoms with Crippen LogP contribution in [0.4, 0.5) is 18.9 Å². The molecule has 4 N–H and O–H groups in total. The summed E-state index contributed by atoms with van der Waals surface area (Å²) in [6.07, 6.45) is -1.62. The Labute approximate surface area is 197 Å². The second-order valence-electron chi connectivity index (χ2n) is 7.45. The number of hydrogen-bond donors (Lipinski definition) is 2. The highest BCUT2D eigenvalue weighted by molar-refractivity contribution is 6.00. The molecular formula is C23H19F3N6O3. The lowest BCUT2D eigenvalue weighted by atomic mass is 10.0. The first-order valence-electron chi connectivity index (χ1n) is 10.2. The molecule has 35 heavy (non-hydrogen) atoms. The van der Waals surface area contributed by atoms with Gasteiger partial charge in [0, 0.05) is 23.6 Å². The maximum absolute atomic E-state index is 13.1. The number of aromatic nitrogens is 3. The molecule has 1 amide bonds. The lowest BCUT2D eigenvalue weighted by molar-refractivity contribution is -0.274. The monoisotopic (exact) mass is 484 g/mol. The van der Waals surface area contributed by atoms with Crippen LogP contribution in [0.2, 0.25) is 0 Å². The van der Waals surface area contributed by atoms with Gasteiger partial charge in [-0.25, -0.2) is 5.84 Å². The van der Waals surface area contributed by atoms with E-state index in [2.05, 4.69) is 19.9 Å². The zero-order valence-corrected chi connectivity index (χ0v) is 18.2. The van der Waals surface area contributed by atoms with Gasteiger partial charge in [0.2, 0.25) is 5.82 Å². The number of pyridine rings is 1. The summed E-state index contributed by atoms with van der Waals surface area (Å²) in [5, 5.41) is 4.83. The normalized spacial score (nSPS) is 12.3. The summed E-state index contributed by atoms with van der Waals surface area (Å²) in [5.74, 6) is 5.53. The van der Waals surface area contributed by atoms with Crippen LogP contribution < -0.4 is 16.3 Å². The number of amides is 1. The maximum Gasteiger partial charge on any atom is 0.573 e. The Morgan fingerprint density at radius 2 is 1.69 bits per heavy atom. The van der Waals surface area contributed by atoms with Crippen LogP contribution in [0.3, 0.4) is 0 Å². The smallest absolute Gasteiger partial charge is 0.406 e. The molecule has 0 aliphatic rings. The third-order valence-electron chi connectivity index (χ3n) is 5.09. The van der Waals surface area contributed by atoms with Crippen molar-refractivity contribution in [1.82, 2.24) is 20.1 Å². The topological polar surface area (TPSA) is 133 Å². The summed E-state index contributed by atoms with van der Waals surface area (Å²) in [6.45, 7) is 1.61. The van der Waals surface area contributed by atoms with Crippen molar-refractivity contribution in [2.75, 3.05) is 5.73 Å². The van der Waals surface area contributed by atoms with Gasteiger partial charge in [0.15, 0.2) is 0 Å². The van der Waals surface area contributed by atoms with Crippen molar-refractivity contribution in [2.45, 2.75) is 19.3 Å². The molecule has 4 aromatic rings. The van der Waals surface area contributed by atoms with Crippen molar-refractivity contribution in [3.05, 3.63) is 78.4 Å². The Morgan fingerprint density at radius 1 is 1.03 bits per heavy atom. The number of anilines is 1. The highest BCUT2D eigenvalue weighted by atomic mass is 19.4. The van der Waals surface area contributed by atoms with Gasteiger partial charge in [0.1, 0.15) is 11.8 Å². The minimum Gasteiger partial charge on any atom is -0.406 e. The number of rotatable bonds is 6. The number of nitrogens with two attached hydrogens (primary N) is 2. The molecule has 180 valence electrons. The molecule has 1 atom stereocenters. The fourth-order valence-electron chi connectivity index (χ4n) is 3.23. The molecule has 0 bridgehead atoms. The van der Waals surface area contributed by atoms with E-state index in [-0.39, 0.29) is 22.9 Å². The Hall–Kier alpha value is -4.45. The molecule has 0 saturated carbocycles. The number of carbonyl (C=O) groups is 1. The van der Waals surface area contributed by atoms with Crippen molar-refractivity contribution in [3.63, 3.8) is 0 Å². The third-order valence-corrected chi connectivity index (χ3v) is 5.09. The number of ether oxygens (including phenoxy) is 1. The van der Waals surface area contributed by atoms with Crippen LogP contribution in [0.1, 0.15) is 29.2 Å². The molecule has 9 nitrogen and oxygen atoms in total. The van der Waals surface area contributed by atoms with Gasteiger partial charge < -0.3 is 15.0 Å². The zero-order valence-electron chi connectivity index (χ0n) is 18.2. The minimum atomic E-state index is -4.79. The lowest BCUT2D eigenvalue weighted by Crippen LogP contribution is -2.40. The fraction of sp³-hybridized carbons (Fsp3) is 0.130. The molecule has 0 fully saturated rings. The van der Waals surface area contributed by atoms with Gasteiger partial charge >= 0.3 is 6.36 Å². The standard InChI is InChI=1S/C23H19F3N6O3/c1-13(21-30-20(31-35-21)15-8-10-29-11-9-15)32(28)22(33)18-12-16(4-7-19(18)27)14-2-5-17(6-3-14)34-23(24,25)26/h2-13H,27-28H2,1H3. The largest absolute Gasteiger partial charge is 0.573 e. The van der Waals surface area contributed by atoms with Gasteiger partial charge in [-0.05, 0) is 54.4 Å². The third kappa shape index (κ3) is 5.38. The highest BCUT2D eigenvalue weighted by Crippen LogP contribution is 2.29.